The number of nitrogens with zero attached hydrogens (tertiary/aromatic N) is 5. The van der Waals surface area contributed by atoms with Gasteiger partial charge in [0, 0.05) is 19.2 Å². The van der Waals surface area contributed by atoms with Crippen LogP contribution in [0.25, 0.3) is 11.0 Å². The van der Waals surface area contributed by atoms with Gasteiger partial charge >= 0.3 is 0 Å². The van der Waals surface area contributed by atoms with Crippen molar-refractivity contribution in [1.82, 2.24) is 20.2 Å². The largest absolute Gasteiger partial charge is 0.494 e. The zero-order valence-electron chi connectivity index (χ0n) is 15.3. The molecule has 0 saturated carbocycles. The molecule has 140 valence electrons. The highest BCUT2D eigenvalue weighted by Gasteiger charge is 2.20. The molecule has 3 aromatic rings. The van der Waals surface area contributed by atoms with E-state index < -0.39 is 0 Å². The lowest BCUT2D eigenvalue weighted by atomic mass is 9.94. The van der Waals surface area contributed by atoms with Gasteiger partial charge in [0.2, 0.25) is 0 Å². The zero-order valence-corrected chi connectivity index (χ0v) is 16.1. The van der Waals surface area contributed by atoms with Crippen molar-refractivity contribution in [3.63, 3.8) is 0 Å². The fourth-order valence-electron chi connectivity index (χ4n) is 3.41. The summed E-state index contributed by atoms with van der Waals surface area (Å²) >= 11 is 5.87. The van der Waals surface area contributed by atoms with Gasteiger partial charge < -0.3 is 9.64 Å². The molecule has 0 spiro atoms. The molecule has 0 atom stereocenters. The predicted molar refractivity (Wildman–Crippen MR) is 106 cm³/mol. The highest BCUT2D eigenvalue weighted by atomic mass is 35.5. The lowest BCUT2D eigenvalue weighted by Crippen LogP contribution is -2.34. The van der Waals surface area contributed by atoms with E-state index in [1.165, 1.54) is 0 Å². The Labute approximate surface area is 163 Å². The van der Waals surface area contributed by atoms with Crippen LogP contribution in [0.2, 0.25) is 5.15 Å². The molecule has 4 rings (SSSR count). The minimum Gasteiger partial charge on any atom is -0.494 e. The molecule has 6 nitrogen and oxygen atoms in total. The summed E-state index contributed by atoms with van der Waals surface area (Å²) in [5.74, 6) is 2.48. The number of hydrogen-bond acceptors (Lipinski definition) is 6. The van der Waals surface area contributed by atoms with Gasteiger partial charge in [-0.25, -0.2) is 4.98 Å². The molecule has 2 aromatic heterocycles. The van der Waals surface area contributed by atoms with Gasteiger partial charge in [0.15, 0.2) is 5.82 Å². The summed E-state index contributed by atoms with van der Waals surface area (Å²) in [6.45, 7) is 4.71. The molecule has 0 amide bonds. The maximum Gasteiger partial charge on any atom is 0.151 e. The van der Waals surface area contributed by atoms with Crippen molar-refractivity contribution in [1.29, 1.82) is 0 Å². The van der Waals surface area contributed by atoms with Crippen LogP contribution in [0.4, 0.5) is 5.82 Å². The van der Waals surface area contributed by atoms with Gasteiger partial charge in [0.1, 0.15) is 10.9 Å². The number of rotatable bonds is 5. The van der Waals surface area contributed by atoms with Crippen LogP contribution >= 0.6 is 11.6 Å². The quantitative estimate of drug-likeness (QED) is 0.661. The van der Waals surface area contributed by atoms with Gasteiger partial charge in [0.05, 0.1) is 29.5 Å². The van der Waals surface area contributed by atoms with E-state index in [0.29, 0.717) is 17.7 Å². The molecule has 0 aliphatic carbocycles. The number of aromatic nitrogens is 4. The molecule has 0 bridgehead atoms. The average Bonchev–Trinajstić information content (AvgIpc) is 2.69. The summed E-state index contributed by atoms with van der Waals surface area (Å²) in [4.78, 5) is 10.8. The Bertz CT molecular complexity index is 910. The summed E-state index contributed by atoms with van der Waals surface area (Å²) in [5.41, 5.74) is 2.53. The summed E-state index contributed by atoms with van der Waals surface area (Å²) < 4.78 is 5.94. The van der Waals surface area contributed by atoms with E-state index in [1.807, 2.05) is 31.2 Å². The van der Waals surface area contributed by atoms with Crippen molar-refractivity contribution in [3.8, 4) is 5.75 Å². The summed E-state index contributed by atoms with van der Waals surface area (Å²) in [7, 11) is 0. The monoisotopic (exact) mass is 383 g/mol. The first-order chi connectivity index (χ1) is 13.2. The standard InChI is InChI=1S/C20H22ClN5O/c1-14-2-5-20(25-24-14)26-9-6-15(7-10-26)8-11-27-16-3-4-17-18(12-16)22-13-19(21)23-17/h2-5,12-13,15H,6-11H2,1H3. The average molecular weight is 384 g/mol. The Morgan fingerprint density at radius 3 is 2.74 bits per heavy atom. The van der Waals surface area contributed by atoms with Crippen molar-refractivity contribution < 1.29 is 4.74 Å². The summed E-state index contributed by atoms with van der Waals surface area (Å²) in [5, 5.41) is 8.85. The second-order valence-electron chi connectivity index (χ2n) is 6.94. The number of benzene rings is 1. The maximum absolute atomic E-state index is 5.94. The fraction of sp³-hybridized carbons (Fsp3) is 0.400. The minimum absolute atomic E-state index is 0.402. The van der Waals surface area contributed by atoms with E-state index in [4.69, 9.17) is 16.3 Å². The summed E-state index contributed by atoms with van der Waals surface area (Å²) in [6, 6.07) is 9.81. The molecule has 0 radical (unpaired) electrons. The number of fused-ring (bicyclic) bond motifs is 1. The fourth-order valence-corrected chi connectivity index (χ4v) is 3.55. The predicted octanol–water partition coefficient (Wildman–Crippen LogP) is 4.07. The van der Waals surface area contributed by atoms with Crippen LogP contribution < -0.4 is 9.64 Å². The van der Waals surface area contributed by atoms with Crippen LogP contribution in [0.15, 0.2) is 36.5 Å². The van der Waals surface area contributed by atoms with Crippen LogP contribution in [0, 0.1) is 12.8 Å². The third kappa shape index (κ3) is 4.45. The number of ether oxygens (including phenoxy) is 1. The highest BCUT2D eigenvalue weighted by Crippen LogP contribution is 2.25. The molecule has 1 fully saturated rings. The number of hydrogen-bond donors (Lipinski definition) is 0. The van der Waals surface area contributed by atoms with Crippen LogP contribution in [0.1, 0.15) is 25.0 Å². The van der Waals surface area contributed by atoms with Crippen molar-refractivity contribution in [2.24, 2.45) is 5.92 Å². The van der Waals surface area contributed by atoms with Gasteiger partial charge in [-0.15, -0.1) is 5.10 Å². The second kappa shape index (κ2) is 8.05. The third-order valence-corrected chi connectivity index (χ3v) is 5.18. The van der Waals surface area contributed by atoms with Crippen LogP contribution in [0.5, 0.6) is 5.75 Å². The van der Waals surface area contributed by atoms with Crippen LogP contribution in [-0.2, 0) is 0 Å². The van der Waals surface area contributed by atoms with Crippen LogP contribution in [-0.4, -0.2) is 39.9 Å². The molecule has 7 heteroatoms. The number of aryl methyl sites for hydroxylation is 1. The van der Waals surface area contributed by atoms with Gasteiger partial charge in [-0.2, -0.15) is 5.10 Å². The number of halogens is 1. The second-order valence-corrected chi connectivity index (χ2v) is 7.33. The first-order valence-corrected chi connectivity index (χ1v) is 9.65. The van der Waals surface area contributed by atoms with Crippen molar-refractivity contribution in [3.05, 3.63) is 47.4 Å². The van der Waals surface area contributed by atoms with Crippen molar-refractivity contribution >= 4 is 28.5 Å². The topological polar surface area (TPSA) is 64.0 Å². The minimum atomic E-state index is 0.402. The number of piperidine rings is 1. The normalized spacial score (nSPS) is 15.3. The maximum atomic E-state index is 5.94. The SMILES string of the molecule is Cc1ccc(N2CCC(CCOc3ccc4nc(Cl)cnc4c3)CC2)nn1. The zero-order chi connectivity index (χ0) is 18.6. The molecule has 1 aromatic carbocycles. The van der Waals surface area contributed by atoms with Crippen molar-refractivity contribution in [2.75, 3.05) is 24.6 Å². The highest BCUT2D eigenvalue weighted by molar-refractivity contribution is 6.29. The van der Waals surface area contributed by atoms with E-state index in [0.717, 1.165) is 60.6 Å². The molecular weight excluding hydrogens is 362 g/mol. The van der Waals surface area contributed by atoms with E-state index in [9.17, 15) is 0 Å². The molecule has 1 aliphatic heterocycles. The first-order valence-electron chi connectivity index (χ1n) is 9.28. The molecule has 27 heavy (non-hydrogen) atoms. The van der Waals surface area contributed by atoms with Gasteiger partial charge in [-0.3, -0.25) is 4.98 Å². The first kappa shape index (κ1) is 17.9. The summed E-state index contributed by atoms with van der Waals surface area (Å²) in [6.07, 6.45) is 4.92. The molecule has 0 unspecified atom stereocenters. The van der Waals surface area contributed by atoms with Crippen LogP contribution in [0.3, 0.4) is 0 Å². The Balaban J connectivity index is 1.25. The molecule has 1 saturated heterocycles. The van der Waals surface area contributed by atoms with Crippen molar-refractivity contribution in [2.45, 2.75) is 26.2 Å². The number of anilines is 1. The molecule has 1 aliphatic rings. The lowest BCUT2D eigenvalue weighted by molar-refractivity contribution is 0.258. The molecule has 0 N–H and O–H groups in total. The Morgan fingerprint density at radius 2 is 1.96 bits per heavy atom. The van der Waals surface area contributed by atoms with Gasteiger partial charge in [0.25, 0.3) is 0 Å². The van der Waals surface area contributed by atoms with E-state index in [1.54, 1.807) is 6.20 Å². The molecule has 3 heterocycles. The van der Waals surface area contributed by atoms with E-state index >= 15 is 0 Å². The van der Waals surface area contributed by atoms with E-state index in [-0.39, 0.29) is 0 Å². The van der Waals surface area contributed by atoms with E-state index in [2.05, 4.69) is 31.1 Å². The lowest BCUT2D eigenvalue weighted by Gasteiger charge is -2.32. The Kier molecular flexibility index (Phi) is 5.34. The Morgan fingerprint density at radius 1 is 1.11 bits per heavy atom. The smallest absolute Gasteiger partial charge is 0.151 e. The molecular formula is C20H22ClN5O. The van der Waals surface area contributed by atoms with Gasteiger partial charge in [-0.05, 0) is 56.4 Å². The Hall–Kier alpha value is -2.47. The van der Waals surface area contributed by atoms with Gasteiger partial charge in [-0.1, -0.05) is 11.6 Å². The third-order valence-electron chi connectivity index (χ3n) is 5.00.